The van der Waals surface area contributed by atoms with Gasteiger partial charge in [0.05, 0.1) is 31.4 Å². The first kappa shape index (κ1) is 87.0. The van der Waals surface area contributed by atoms with E-state index in [0.29, 0.717) is 95.7 Å². The zero-order valence-electron chi connectivity index (χ0n) is 66.9. The second-order valence-electron chi connectivity index (χ2n) is 35.3. The fraction of sp³-hybridized carbons (Fsp3) is 0.693. The summed E-state index contributed by atoms with van der Waals surface area (Å²) in [6.07, 6.45) is 26.4. The van der Waals surface area contributed by atoms with Crippen LogP contribution >= 0.6 is 0 Å². The molecule has 0 amide bonds. The van der Waals surface area contributed by atoms with Crippen molar-refractivity contribution in [2.24, 2.45) is 0 Å². The van der Waals surface area contributed by atoms with E-state index in [0.717, 1.165) is 130 Å². The molecule has 26 nitrogen and oxygen atoms in total. The summed E-state index contributed by atoms with van der Waals surface area (Å²) in [5.74, 6) is 0.156. The van der Waals surface area contributed by atoms with Crippen molar-refractivity contribution in [3.8, 4) is 0 Å². The summed E-state index contributed by atoms with van der Waals surface area (Å²) in [6, 6.07) is 5.70. The van der Waals surface area contributed by atoms with E-state index in [-0.39, 0.29) is 35.6 Å². The molecule has 0 spiro atoms. The van der Waals surface area contributed by atoms with Gasteiger partial charge in [0.2, 0.25) is 0 Å². The number of aromatic carboxylic acids is 1. The van der Waals surface area contributed by atoms with E-state index in [1.807, 2.05) is 45.0 Å². The number of aromatic nitrogens is 12. The zero-order valence-corrected chi connectivity index (χ0v) is 71.9. The topological polar surface area (TPSA) is 318 Å². The number of H-pyrrole nitrogens is 1. The van der Waals surface area contributed by atoms with Gasteiger partial charge in [-0.2, -0.15) is 35.4 Å². The Morgan fingerprint density at radius 3 is 1.28 bits per heavy atom. The molecule has 106 heavy (non-hydrogen) atoms. The lowest BCUT2D eigenvalue weighted by atomic mass is 9.74. The number of aliphatic hydroxyl groups is 1. The molecule has 6 heterocycles. The minimum absolute atomic E-state index is 0.0410. The standard InChI is InChI=1S/C23H40N4O4Si2.C19H32N4O4Si.C18H28N4O2Si.C15H26N2O2Si/c1-32(2,3)11-9-30-16-26-15-19(14-24-26)18-7-8-20-21(13-18)27(25-22(20)23(28)29)17-31-10-12-33(4,5)6;1-5-27-18(24)17(22-20)19(25)8-6-15(7-9-19)16-12-21-23(13-16)14-26-10-11-28(2,3)4;1-13(23)18-16-6-5-14(9-17(16)20-21-18)15-10-19-22(11-15)12-24-7-8-25(2,3)4;1-20(2,3)9-8-19-12-17-11-14(10-16-17)13-4-6-15(18)7-5-13/h14-15,18H,7-13,16-17H2,1-6H3,(H,28,29);12-13,15,25H,5-11,14H2,1-4H3;10-11,14H,5-9,12H2,1-4H3,(H,20,21);10-11,13H,4-9,12H2,1-3H3. The molecule has 31 heteroatoms. The molecule has 10 rings (SSSR count). The van der Waals surface area contributed by atoms with Crippen molar-refractivity contribution in [3.05, 3.63) is 111 Å². The molecule has 4 aliphatic carbocycles. The number of fused-ring (bicyclic) bond motifs is 2. The summed E-state index contributed by atoms with van der Waals surface area (Å²) >= 11 is 0. The maximum atomic E-state index is 11.9. The summed E-state index contributed by atoms with van der Waals surface area (Å²) < 4.78 is 42.9. The molecule has 2 atom stereocenters. The highest BCUT2D eigenvalue weighted by molar-refractivity contribution is 6.77. The van der Waals surface area contributed by atoms with Crippen molar-refractivity contribution in [3.63, 3.8) is 0 Å². The number of rotatable bonds is 34. The number of carbonyl (C=O) groups is 4. The van der Waals surface area contributed by atoms with E-state index in [1.165, 1.54) is 28.8 Å². The first-order valence-electron chi connectivity index (χ1n) is 38.4. The van der Waals surface area contributed by atoms with Gasteiger partial charge in [0, 0.05) is 140 Å². The van der Waals surface area contributed by atoms with E-state index in [9.17, 15) is 34.9 Å². The summed E-state index contributed by atoms with van der Waals surface area (Å²) in [5, 5.41) is 49.7. The quantitative estimate of drug-likeness (QED) is 0.00643. The molecular formula is C75H126N14O12Si5. The number of aromatic amines is 1. The molecule has 4 aliphatic rings. The number of esters is 1. The van der Waals surface area contributed by atoms with Crippen molar-refractivity contribution < 1.29 is 62.6 Å². The van der Waals surface area contributed by atoms with Crippen molar-refractivity contribution in [2.75, 3.05) is 39.6 Å². The maximum absolute atomic E-state index is 11.9. The van der Waals surface area contributed by atoms with Crippen LogP contribution in [-0.4, -0.2) is 189 Å². The van der Waals surface area contributed by atoms with Crippen LogP contribution in [0.15, 0.2) is 49.6 Å². The molecular weight excluding hydrogens is 1430 g/mol. The molecule has 2 saturated carbocycles. The van der Waals surface area contributed by atoms with Crippen LogP contribution in [0.5, 0.6) is 0 Å². The van der Waals surface area contributed by atoms with Crippen LogP contribution in [0.25, 0.3) is 5.53 Å². The van der Waals surface area contributed by atoms with Crippen LogP contribution in [0, 0.1) is 0 Å². The predicted octanol–water partition coefficient (Wildman–Crippen LogP) is 14.3. The van der Waals surface area contributed by atoms with Gasteiger partial charge in [0.15, 0.2) is 17.1 Å². The van der Waals surface area contributed by atoms with Crippen molar-refractivity contribution >= 4 is 69.6 Å². The molecule has 3 N–H and O–H groups in total. The third kappa shape index (κ3) is 29.0. The Morgan fingerprint density at radius 1 is 0.538 bits per heavy atom. The molecule has 0 radical (unpaired) electrons. The summed E-state index contributed by atoms with van der Waals surface area (Å²) in [5.41, 5.74) is 17.0. The van der Waals surface area contributed by atoms with E-state index in [4.69, 9.17) is 28.4 Å². The summed E-state index contributed by atoms with van der Waals surface area (Å²) in [6.45, 7) is 44.6. The Bertz CT molecular complexity index is 3800. The van der Waals surface area contributed by atoms with Gasteiger partial charge in [0.1, 0.15) is 45.1 Å². The molecule has 2 unspecified atom stereocenters. The van der Waals surface area contributed by atoms with E-state index in [2.05, 4.69) is 157 Å². The normalized spacial score (nSPS) is 18.6. The molecule has 2 fully saturated rings. The molecule has 588 valence electrons. The Hall–Kier alpha value is -6.24. The zero-order chi connectivity index (χ0) is 77.6. The number of carboxylic acids is 1. The molecule has 6 aromatic rings. The number of nitrogens with zero attached hydrogens (tertiary/aromatic N) is 13. The lowest BCUT2D eigenvalue weighted by Gasteiger charge is -2.31. The number of carbonyl (C=O) groups excluding carboxylic acids is 3. The van der Waals surface area contributed by atoms with Gasteiger partial charge in [-0.05, 0) is 160 Å². The Labute approximate surface area is 633 Å². The molecule has 0 aromatic carbocycles. The van der Waals surface area contributed by atoms with Crippen molar-refractivity contribution in [2.45, 2.75) is 295 Å². The third-order valence-electron chi connectivity index (χ3n) is 20.0. The number of carboxylic acid groups (broad SMARTS) is 1. The third-order valence-corrected chi connectivity index (χ3v) is 28.5. The van der Waals surface area contributed by atoms with Crippen LogP contribution in [0.2, 0.25) is 128 Å². The lowest BCUT2D eigenvalue weighted by molar-refractivity contribution is -0.144. The van der Waals surface area contributed by atoms with Crippen LogP contribution in [0.4, 0.5) is 0 Å². The highest BCUT2D eigenvalue weighted by Gasteiger charge is 2.49. The van der Waals surface area contributed by atoms with Crippen LogP contribution in [-0.2, 0) is 97.3 Å². The number of Topliss-reactive ketones (excluding diaryl/α,β-unsaturated/α-hetero) is 2. The number of nitrogens with one attached hydrogen (secondary N) is 1. The van der Waals surface area contributed by atoms with E-state index >= 15 is 0 Å². The van der Waals surface area contributed by atoms with Gasteiger partial charge in [-0.1, -0.05) is 98.2 Å². The number of hydrogen-bond donors (Lipinski definition) is 3. The van der Waals surface area contributed by atoms with Crippen molar-refractivity contribution in [1.82, 2.24) is 59.1 Å². The second kappa shape index (κ2) is 39.9. The Balaban J connectivity index is 0.000000200. The highest BCUT2D eigenvalue weighted by atomic mass is 28.3. The molecule has 6 aromatic heterocycles. The van der Waals surface area contributed by atoms with Crippen LogP contribution in [0.1, 0.15) is 167 Å². The summed E-state index contributed by atoms with van der Waals surface area (Å²) in [7, 11) is -5.43. The fourth-order valence-corrected chi connectivity index (χ4v) is 16.9. The maximum Gasteiger partial charge on any atom is 0.420 e. The van der Waals surface area contributed by atoms with Gasteiger partial charge in [-0.15, -0.1) is 0 Å². The number of ketones is 2. The molecule has 0 saturated heterocycles. The number of hydrogen-bond acceptors (Lipinski definition) is 17. The molecule has 0 aliphatic heterocycles. The Morgan fingerprint density at radius 2 is 0.906 bits per heavy atom. The van der Waals surface area contributed by atoms with Crippen LogP contribution < -0.4 is 0 Å². The highest BCUT2D eigenvalue weighted by Crippen LogP contribution is 2.40. The first-order valence-corrected chi connectivity index (χ1v) is 56.9. The van der Waals surface area contributed by atoms with Crippen molar-refractivity contribution in [1.29, 1.82) is 0 Å². The van der Waals surface area contributed by atoms with E-state index < -0.39 is 57.9 Å². The average molecular weight is 1560 g/mol. The van der Waals surface area contributed by atoms with Crippen LogP contribution in [0.3, 0.4) is 0 Å². The first-order chi connectivity index (χ1) is 49.9. The fourth-order valence-electron chi connectivity index (χ4n) is 13.1. The predicted molar refractivity (Wildman–Crippen MR) is 424 cm³/mol. The monoisotopic (exact) mass is 1550 g/mol. The van der Waals surface area contributed by atoms with Gasteiger partial charge >= 0.3 is 17.7 Å². The van der Waals surface area contributed by atoms with E-state index in [1.54, 1.807) is 23.2 Å². The minimum atomic E-state index is -1.45. The van der Waals surface area contributed by atoms with Gasteiger partial charge in [-0.3, -0.25) is 14.7 Å². The average Bonchev–Trinajstić information content (AvgIpc) is 1.75. The largest absolute Gasteiger partial charge is 0.476 e. The lowest BCUT2D eigenvalue weighted by Crippen LogP contribution is -2.47. The SMILES string of the molecule is CC(=O)c1n[nH]c2c1CCC(c1cnn(COCC[Si](C)(C)C)c1)C2.CCOC(=O)C(=[N+]=[N-])C1(O)CCC(c2cnn(COCC[Si](C)(C)C)c2)CC1.C[Si](C)(C)CCOCn1cc(C2CCC(=O)CC2)cn1.C[Si](C)(C)CCOCn1cc(C2CCc3c(C(=O)O)nn(COCC[Si](C)(C)C)c3C2)cn1. The summed E-state index contributed by atoms with van der Waals surface area (Å²) in [4.78, 5) is 49.6. The Kier molecular flexibility index (Phi) is 32.8. The van der Waals surface area contributed by atoms with Gasteiger partial charge < -0.3 is 44.2 Å². The van der Waals surface area contributed by atoms with Gasteiger partial charge in [-0.25, -0.2) is 33.0 Å². The van der Waals surface area contributed by atoms with Gasteiger partial charge in [0.25, 0.3) is 0 Å². The minimum Gasteiger partial charge on any atom is -0.476 e. The smallest absolute Gasteiger partial charge is 0.420 e. The second-order valence-corrected chi connectivity index (χ2v) is 63.4. The number of ether oxygens (including phenoxy) is 6. The molecule has 0 bridgehead atoms.